The molecule has 6 heteroatoms. The normalized spacial score (nSPS) is 16.1. The maximum Gasteiger partial charge on any atom is 0.458 e. The van der Waals surface area contributed by atoms with E-state index >= 15 is 0 Å². The molecule has 0 aliphatic rings. The van der Waals surface area contributed by atoms with Crippen molar-refractivity contribution in [2.75, 3.05) is 0 Å². The Morgan fingerprint density at radius 2 is 1.64 bits per heavy atom. The zero-order valence-corrected chi connectivity index (χ0v) is 9.03. The van der Waals surface area contributed by atoms with Gasteiger partial charge in [0, 0.05) is 0 Å². The minimum Gasteiger partial charge on any atom is -0.429 e. The van der Waals surface area contributed by atoms with Crippen molar-refractivity contribution in [3.8, 4) is 5.75 Å². The van der Waals surface area contributed by atoms with E-state index in [4.69, 9.17) is 11.6 Å². The van der Waals surface area contributed by atoms with Gasteiger partial charge in [-0.25, -0.2) is 4.39 Å². The molecule has 0 spiro atoms. The maximum absolute atomic E-state index is 12.8. The summed E-state index contributed by atoms with van der Waals surface area (Å²) in [5, 5.41) is 0. The number of hydrogen-bond donors (Lipinski definition) is 0. The van der Waals surface area contributed by atoms with Crippen LogP contribution in [0.15, 0.2) is 30.3 Å². The zero-order valence-electron chi connectivity index (χ0n) is 6.68. The molecule has 0 fully saturated rings. The number of alkyl halides is 5. The topological polar surface area (TPSA) is 9.23 Å². The summed E-state index contributed by atoms with van der Waals surface area (Å²) in [6, 6.07) is 7.11. The van der Waals surface area contributed by atoms with E-state index in [2.05, 4.69) is 4.74 Å². The van der Waals surface area contributed by atoms with Crippen LogP contribution in [-0.4, -0.2) is 10.1 Å². The molecule has 14 heavy (non-hydrogen) atoms. The summed E-state index contributed by atoms with van der Waals surface area (Å²) in [6.07, 6.45) is -4.14. The highest BCUT2D eigenvalue weighted by Crippen LogP contribution is 2.42. The molecule has 0 aliphatic heterocycles. The quantitative estimate of drug-likeness (QED) is 0.767. The molecule has 0 saturated heterocycles. The molecule has 0 aliphatic carbocycles. The van der Waals surface area contributed by atoms with E-state index in [1.165, 1.54) is 24.3 Å². The number of rotatable bonds is 3. The van der Waals surface area contributed by atoms with Gasteiger partial charge < -0.3 is 4.74 Å². The molecule has 0 heterocycles. The van der Waals surface area contributed by atoms with Gasteiger partial charge in [-0.1, -0.05) is 29.8 Å². The van der Waals surface area contributed by atoms with Crippen LogP contribution in [0.3, 0.4) is 0 Å². The van der Waals surface area contributed by atoms with Gasteiger partial charge in [-0.15, -0.1) is 0 Å². The van der Waals surface area contributed by atoms with Crippen LogP contribution in [0.1, 0.15) is 0 Å². The van der Waals surface area contributed by atoms with Gasteiger partial charge in [0.05, 0.1) is 0 Å². The Labute approximate surface area is 91.9 Å². The minimum atomic E-state index is -4.14. The molecule has 78 valence electrons. The van der Waals surface area contributed by atoms with Crippen molar-refractivity contribution < 1.29 is 17.9 Å². The van der Waals surface area contributed by atoms with E-state index in [1.54, 1.807) is 6.07 Å². The van der Waals surface area contributed by atoms with Crippen LogP contribution in [0.2, 0.25) is 0 Å². The highest BCUT2D eigenvalue weighted by atomic mass is 79.9. The SMILES string of the molecule is FC(Cl)(Br)C(F)(F)Oc1ccccc1. The molecule has 0 amide bonds. The second-order valence-corrected chi connectivity index (χ2v) is 4.50. The van der Waals surface area contributed by atoms with Crippen LogP contribution >= 0.6 is 27.5 Å². The average molecular weight is 289 g/mol. The average Bonchev–Trinajstić information content (AvgIpc) is 2.03. The third-order valence-corrected chi connectivity index (χ3v) is 2.00. The number of halogens is 5. The van der Waals surface area contributed by atoms with Crippen molar-refractivity contribution in [1.82, 2.24) is 0 Å². The zero-order chi connectivity index (χ0) is 10.8. The van der Waals surface area contributed by atoms with Gasteiger partial charge in [0.15, 0.2) is 0 Å². The largest absolute Gasteiger partial charge is 0.458 e. The molecule has 1 unspecified atom stereocenters. The van der Waals surface area contributed by atoms with Gasteiger partial charge in [-0.3, -0.25) is 0 Å². The summed E-state index contributed by atoms with van der Waals surface area (Å²) >= 11 is 6.73. The monoisotopic (exact) mass is 288 g/mol. The third kappa shape index (κ3) is 2.78. The second-order valence-electron chi connectivity index (χ2n) is 2.43. The Bertz CT molecular complexity index is 299. The molecule has 1 nitrogen and oxygen atoms in total. The number of ether oxygens (including phenoxy) is 1. The predicted octanol–water partition coefficient (Wildman–Crippen LogP) is 3.92. The lowest BCUT2D eigenvalue weighted by atomic mass is 10.3. The fraction of sp³-hybridized carbons (Fsp3) is 0.250. The molecular formula is C8H5BrClF3O. The maximum atomic E-state index is 12.8. The molecule has 0 saturated carbocycles. The van der Waals surface area contributed by atoms with Crippen LogP contribution in [-0.2, 0) is 0 Å². The van der Waals surface area contributed by atoms with Crippen LogP contribution in [0, 0.1) is 0 Å². The standard InChI is InChI=1S/C8H5BrClF3O/c9-7(10,11)8(12,13)14-6-4-2-1-3-5-6/h1-5H. The van der Waals surface area contributed by atoms with E-state index in [0.717, 1.165) is 0 Å². The van der Waals surface area contributed by atoms with Crippen molar-refractivity contribution in [2.24, 2.45) is 0 Å². The van der Waals surface area contributed by atoms with E-state index in [9.17, 15) is 13.2 Å². The Kier molecular flexibility index (Phi) is 3.32. The lowest BCUT2D eigenvalue weighted by molar-refractivity contribution is -0.207. The highest BCUT2D eigenvalue weighted by Gasteiger charge is 2.55. The summed E-state index contributed by atoms with van der Waals surface area (Å²) in [5.74, 6) is -0.167. The molecule has 1 rings (SSSR count). The van der Waals surface area contributed by atoms with Gasteiger partial charge in [-0.05, 0) is 28.1 Å². The Morgan fingerprint density at radius 1 is 1.14 bits per heavy atom. The Morgan fingerprint density at radius 3 is 2.07 bits per heavy atom. The Hall–Kier alpha value is -0.420. The van der Waals surface area contributed by atoms with Gasteiger partial charge in [-0.2, -0.15) is 8.78 Å². The smallest absolute Gasteiger partial charge is 0.429 e. The van der Waals surface area contributed by atoms with Gasteiger partial charge in [0.1, 0.15) is 5.75 Å². The lowest BCUT2D eigenvalue weighted by Crippen LogP contribution is -2.39. The molecule has 1 aromatic rings. The Balaban J connectivity index is 2.79. The summed E-state index contributed by atoms with van der Waals surface area (Å²) < 4.78 is 39.0. The van der Waals surface area contributed by atoms with Crippen molar-refractivity contribution >= 4 is 27.5 Å². The summed E-state index contributed by atoms with van der Waals surface area (Å²) in [4.78, 5) is 0. The van der Waals surface area contributed by atoms with Crippen molar-refractivity contribution in [2.45, 2.75) is 10.1 Å². The van der Waals surface area contributed by atoms with E-state index < -0.39 is 10.1 Å². The minimum absolute atomic E-state index is 0.167. The van der Waals surface area contributed by atoms with Crippen molar-refractivity contribution in [1.29, 1.82) is 0 Å². The number of benzene rings is 1. The van der Waals surface area contributed by atoms with E-state index in [-0.39, 0.29) is 5.75 Å². The highest BCUT2D eigenvalue weighted by molar-refractivity contribution is 9.10. The predicted molar refractivity (Wildman–Crippen MR) is 50.6 cm³/mol. The van der Waals surface area contributed by atoms with Crippen LogP contribution in [0.25, 0.3) is 0 Å². The molecule has 0 radical (unpaired) electrons. The van der Waals surface area contributed by atoms with Crippen LogP contribution < -0.4 is 4.74 Å². The summed E-state index contributed by atoms with van der Waals surface area (Å²) in [5.41, 5.74) is 0. The van der Waals surface area contributed by atoms with Gasteiger partial charge >= 0.3 is 10.1 Å². The molecule has 0 N–H and O–H groups in total. The second kappa shape index (κ2) is 3.98. The van der Waals surface area contributed by atoms with Gasteiger partial charge in [0.25, 0.3) is 0 Å². The third-order valence-electron chi connectivity index (χ3n) is 1.32. The molecule has 1 aromatic carbocycles. The van der Waals surface area contributed by atoms with Crippen LogP contribution in [0.5, 0.6) is 5.75 Å². The number of hydrogen-bond acceptors (Lipinski definition) is 1. The molecule has 0 bridgehead atoms. The summed E-state index contributed by atoms with van der Waals surface area (Å²) in [6.45, 7) is 0. The lowest BCUT2D eigenvalue weighted by Gasteiger charge is -2.22. The number of para-hydroxylation sites is 1. The fourth-order valence-corrected chi connectivity index (χ4v) is 0.814. The first-order valence-corrected chi connectivity index (χ1v) is 4.68. The van der Waals surface area contributed by atoms with E-state index in [1.807, 2.05) is 15.9 Å². The van der Waals surface area contributed by atoms with Crippen molar-refractivity contribution in [3.63, 3.8) is 0 Å². The molecule has 0 aromatic heterocycles. The van der Waals surface area contributed by atoms with Crippen LogP contribution in [0.4, 0.5) is 13.2 Å². The van der Waals surface area contributed by atoms with E-state index in [0.29, 0.717) is 0 Å². The first-order valence-electron chi connectivity index (χ1n) is 3.51. The summed E-state index contributed by atoms with van der Waals surface area (Å²) in [7, 11) is 0. The molecule has 1 atom stereocenters. The van der Waals surface area contributed by atoms with Crippen molar-refractivity contribution in [3.05, 3.63) is 30.3 Å². The first kappa shape index (κ1) is 11.7. The van der Waals surface area contributed by atoms with Gasteiger partial charge in [0.2, 0.25) is 0 Å². The first-order chi connectivity index (χ1) is 6.33. The fourth-order valence-electron chi connectivity index (χ4n) is 0.694. The molecular weight excluding hydrogens is 284 g/mol.